The van der Waals surface area contributed by atoms with Gasteiger partial charge in [-0.2, -0.15) is 0 Å². The average Bonchev–Trinajstić information content (AvgIpc) is 3.32. The summed E-state index contributed by atoms with van der Waals surface area (Å²) in [5.74, 6) is 0. The van der Waals surface area contributed by atoms with Crippen LogP contribution in [0.3, 0.4) is 0 Å². The van der Waals surface area contributed by atoms with Crippen LogP contribution in [0.4, 0.5) is 45.5 Å². The van der Waals surface area contributed by atoms with Gasteiger partial charge in [0, 0.05) is 52.0 Å². The molecule has 0 spiro atoms. The third-order valence-corrected chi connectivity index (χ3v) is 11.6. The Morgan fingerprint density at radius 1 is 0.242 bits per heavy atom. The van der Waals surface area contributed by atoms with Crippen LogP contribution in [0.2, 0.25) is 0 Å². The summed E-state index contributed by atoms with van der Waals surface area (Å²) in [5, 5.41) is 0. The van der Waals surface area contributed by atoms with Crippen molar-refractivity contribution in [1.82, 2.24) is 0 Å². The molecule has 0 bridgehead atoms. The van der Waals surface area contributed by atoms with Gasteiger partial charge in [-0.25, -0.2) is 0 Å². The molecule has 0 radical (unpaired) electrons. The van der Waals surface area contributed by atoms with Crippen LogP contribution >= 0.6 is 0 Å². The van der Waals surface area contributed by atoms with E-state index in [1.54, 1.807) is 0 Å². The lowest BCUT2D eigenvalue weighted by atomic mass is 10.0. The first-order valence-corrected chi connectivity index (χ1v) is 21.4. The molecule has 0 aromatic heterocycles. The minimum atomic E-state index is 0.794. The van der Waals surface area contributed by atoms with Gasteiger partial charge in [-0.05, 0) is 153 Å². The number of hydrogen-bond acceptors (Lipinski definition) is 3. The molecule has 9 aromatic rings. The Morgan fingerprint density at radius 2 is 0.468 bits per heavy atom. The lowest BCUT2D eigenvalue weighted by molar-refractivity contribution is 0.975. The number of nitrogens with zero attached hydrogens (tertiary/aromatic N) is 3. The summed E-state index contributed by atoms with van der Waals surface area (Å²) >= 11 is 0. The molecular weight excluding hydrogens is 751 g/mol. The highest BCUT2D eigenvalue weighted by Crippen LogP contribution is 2.39. The summed E-state index contributed by atoms with van der Waals surface area (Å²) in [6.07, 6.45) is 0. The average molecular weight is 802 g/mol. The van der Waals surface area contributed by atoms with Crippen LogP contribution in [0.15, 0.2) is 224 Å². The van der Waals surface area contributed by atoms with Crippen LogP contribution in [0.25, 0.3) is 22.3 Å². The highest BCUT2D eigenvalue weighted by atomic mass is 15.1. The van der Waals surface area contributed by atoms with Gasteiger partial charge in [0.1, 0.15) is 0 Å². The van der Waals surface area contributed by atoms with Crippen LogP contribution in [0.1, 0.15) is 27.8 Å². The number of aryl methyl sites for hydroxylation is 4. The monoisotopic (exact) mass is 801 g/mol. The Morgan fingerprint density at radius 3 is 0.742 bits per heavy atom. The quantitative estimate of drug-likeness (QED) is 0.122. The van der Waals surface area contributed by atoms with Crippen molar-refractivity contribution in [3.63, 3.8) is 0 Å². The summed E-state index contributed by atoms with van der Waals surface area (Å²) in [6, 6.07) is 81.5. The maximum absolute atomic E-state index is 2.38. The third-order valence-electron chi connectivity index (χ3n) is 11.6. The van der Waals surface area contributed by atoms with Gasteiger partial charge in [-0.1, -0.05) is 150 Å². The maximum Gasteiger partial charge on any atom is 0.0481 e. The first-order chi connectivity index (χ1) is 30.3. The van der Waals surface area contributed by atoms with E-state index >= 15 is 0 Å². The topological polar surface area (TPSA) is 9.72 Å². The fraction of sp³-hybridized carbons (Fsp3) is 0.0847. The molecule has 0 fully saturated rings. The molecule has 0 unspecified atom stereocenters. The van der Waals surface area contributed by atoms with Crippen LogP contribution in [0, 0.1) is 27.7 Å². The molecule has 0 atom stereocenters. The number of benzene rings is 9. The predicted molar refractivity (Wildman–Crippen MR) is 264 cm³/mol. The van der Waals surface area contributed by atoms with Crippen LogP contribution < -0.4 is 14.7 Å². The van der Waals surface area contributed by atoms with E-state index < -0.39 is 0 Å². The molecule has 0 aliphatic rings. The molecule has 0 saturated carbocycles. The molecule has 302 valence electrons. The number of hydrogen-bond donors (Lipinski definition) is 0. The van der Waals surface area contributed by atoms with E-state index in [-0.39, 0.29) is 0 Å². The standard InChI is InChI=1S/C59H51N3/c1-43-10-26-52(27-11-43)60(42-47-8-6-5-7-9-47)53-34-18-48(19-35-53)49-20-38-58(39-21-49)62(56-32-16-46(4)17-33-56)59-40-24-51(25-41-59)50-22-36-57(37-23-50)61(54-28-12-44(2)13-29-54)55-30-14-45(3)15-31-55/h5-41H,42H2,1-4H3. The van der Waals surface area contributed by atoms with E-state index in [0.29, 0.717) is 0 Å². The highest BCUT2D eigenvalue weighted by molar-refractivity contribution is 5.82. The minimum absolute atomic E-state index is 0.794. The van der Waals surface area contributed by atoms with Crippen molar-refractivity contribution in [2.75, 3.05) is 14.7 Å². The van der Waals surface area contributed by atoms with Gasteiger partial charge < -0.3 is 14.7 Å². The van der Waals surface area contributed by atoms with Crippen molar-refractivity contribution >= 4 is 45.5 Å². The van der Waals surface area contributed by atoms with E-state index in [2.05, 4.69) is 267 Å². The van der Waals surface area contributed by atoms with Crippen LogP contribution in [-0.2, 0) is 6.54 Å². The molecular formula is C59H51N3. The molecule has 9 aromatic carbocycles. The second-order valence-corrected chi connectivity index (χ2v) is 16.3. The second kappa shape index (κ2) is 17.9. The van der Waals surface area contributed by atoms with Gasteiger partial charge >= 0.3 is 0 Å². The van der Waals surface area contributed by atoms with Crippen LogP contribution in [0.5, 0.6) is 0 Å². The first-order valence-electron chi connectivity index (χ1n) is 21.4. The zero-order chi connectivity index (χ0) is 42.4. The van der Waals surface area contributed by atoms with Gasteiger partial charge in [-0.15, -0.1) is 0 Å². The van der Waals surface area contributed by atoms with Crippen molar-refractivity contribution in [2.45, 2.75) is 34.2 Å². The predicted octanol–water partition coefficient (Wildman–Crippen LogP) is 16.5. The molecule has 9 rings (SSSR count). The number of anilines is 8. The summed E-state index contributed by atoms with van der Waals surface area (Å²) in [5.41, 5.74) is 20.0. The molecule has 0 heterocycles. The molecule has 3 nitrogen and oxygen atoms in total. The molecule has 0 aliphatic carbocycles. The lowest BCUT2D eigenvalue weighted by Crippen LogP contribution is -2.16. The minimum Gasteiger partial charge on any atom is -0.337 e. The van der Waals surface area contributed by atoms with E-state index in [1.165, 1.54) is 55.8 Å². The Hall–Kier alpha value is -7.62. The Kier molecular flexibility index (Phi) is 11.5. The zero-order valence-electron chi connectivity index (χ0n) is 35.9. The van der Waals surface area contributed by atoms with Crippen molar-refractivity contribution < 1.29 is 0 Å². The first kappa shape index (κ1) is 39.8. The lowest BCUT2D eigenvalue weighted by Gasteiger charge is -2.27. The smallest absolute Gasteiger partial charge is 0.0481 e. The summed E-state index contributed by atoms with van der Waals surface area (Å²) in [6.45, 7) is 9.32. The van der Waals surface area contributed by atoms with Crippen molar-refractivity contribution in [3.05, 3.63) is 252 Å². The number of rotatable bonds is 12. The fourth-order valence-corrected chi connectivity index (χ4v) is 8.04. The SMILES string of the molecule is Cc1ccc(N(Cc2ccccc2)c2ccc(-c3ccc(N(c4ccc(C)cc4)c4ccc(-c5ccc(N(c6ccc(C)cc6)c6ccc(C)cc6)cc5)cc4)cc3)cc2)cc1. The molecule has 62 heavy (non-hydrogen) atoms. The highest BCUT2D eigenvalue weighted by Gasteiger charge is 2.16. The molecule has 3 heteroatoms. The Labute approximate surface area is 367 Å². The Balaban J connectivity index is 0.970. The summed E-state index contributed by atoms with van der Waals surface area (Å²) in [4.78, 5) is 7.04. The Bertz CT molecular complexity index is 2780. The molecule has 0 aliphatic heterocycles. The van der Waals surface area contributed by atoms with Gasteiger partial charge in [0.25, 0.3) is 0 Å². The van der Waals surface area contributed by atoms with Crippen molar-refractivity contribution in [1.29, 1.82) is 0 Å². The van der Waals surface area contributed by atoms with E-state index in [9.17, 15) is 0 Å². The summed E-state index contributed by atoms with van der Waals surface area (Å²) in [7, 11) is 0. The van der Waals surface area contributed by atoms with Gasteiger partial charge in [0.2, 0.25) is 0 Å². The molecule has 0 saturated heterocycles. The van der Waals surface area contributed by atoms with Crippen LogP contribution in [-0.4, -0.2) is 0 Å². The second-order valence-electron chi connectivity index (χ2n) is 16.3. The normalized spacial score (nSPS) is 11.0. The van der Waals surface area contributed by atoms with Gasteiger partial charge in [-0.3, -0.25) is 0 Å². The van der Waals surface area contributed by atoms with Gasteiger partial charge in [0.15, 0.2) is 0 Å². The van der Waals surface area contributed by atoms with E-state index in [1.807, 2.05) is 0 Å². The maximum atomic E-state index is 2.38. The van der Waals surface area contributed by atoms with Gasteiger partial charge in [0.05, 0.1) is 0 Å². The molecule has 0 N–H and O–H groups in total. The van der Waals surface area contributed by atoms with E-state index in [0.717, 1.165) is 46.4 Å². The third kappa shape index (κ3) is 8.94. The van der Waals surface area contributed by atoms with E-state index in [4.69, 9.17) is 0 Å². The van der Waals surface area contributed by atoms with Crippen molar-refractivity contribution in [2.24, 2.45) is 0 Å². The molecule has 0 amide bonds. The fourth-order valence-electron chi connectivity index (χ4n) is 8.04. The zero-order valence-corrected chi connectivity index (χ0v) is 35.9. The largest absolute Gasteiger partial charge is 0.337 e. The van der Waals surface area contributed by atoms with Crippen molar-refractivity contribution in [3.8, 4) is 22.3 Å². The summed E-state index contributed by atoms with van der Waals surface area (Å²) < 4.78 is 0.